The number of aromatic amines is 1. The molecule has 1 saturated carbocycles. The molecule has 2 N–H and O–H groups in total. The summed E-state index contributed by atoms with van der Waals surface area (Å²) in [7, 11) is 0. The summed E-state index contributed by atoms with van der Waals surface area (Å²) in [6.07, 6.45) is 3.95. The second-order valence-electron chi connectivity index (χ2n) is 4.60. The van der Waals surface area contributed by atoms with Crippen LogP contribution in [0.15, 0.2) is 12.3 Å². The largest absolute Gasteiger partial charge is 0.481 e. The maximum Gasteiger partial charge on any atom is 0.310 e. The smallest absolute Gasteiger partial charge is 0.310 e. The molecule has 0 aliphatic heterocycles. The molecule has 2 aromatic heterocycles. The molecule has 2 heterocycles. The van der Waals surface area contributed by atoms with Gasteiger partial charge in [0.1, 0.15) is 5.82 Å². The van der Waals surface area contributed by atoms with Gasteiger partial charge in [-0.25, -0.2) is 9.97 Å². The summed E-state index contributed by atoms with van der Waals surface area (Å²) in [5, 5.41) is 8.96. The lowest BCUT2D eigenvalue weighted by atomic mass is 10.0. The summed E-state index contributed by atoms with van der Waals surface area (Å²) in [4.78, 5) is 22.7. The fourth-order valence-corrected chi connectivity index (χ4v) is 1.86. The molecule has 1 unspecified atom stereocenters. The average Bonchev–Trinajstić information content (AvgIpc) is 3.07. The summed E-state index contributed by atoms with van der Waals surface area (Å²) < 4.78 is 0. The van der Waals surface area contributed by atoms with Crippen LogP contribution >= 0.6 is 0 Å². The summed E-state index contributed by atoms with van der Waals surface area (Å²) in [5.74, 6) is 0.143. The molecule has 5 nitrogen and oxygen atoms in total. The average molecular weight is 231 g/mol. The molecule has 1 atom stereocenters. The Kier molecular flexibility index (Phi) is 2.14. The zero-order valence-corrected chi connectivity index (χ0v) is 9.47. The van der Waals surface area contributed by atoms with Crippen molar-refractivity contribution in [3.8, 4) is 0 Å². The van der Waals surface area contributed by atoms with E-state index >= 15 is 0 Å². The molecule has 0 spiro atoms. The van der Waals surface area contributed by atoms with Crippen molar-refractivity contribution >= 4 is 17.1 Å². The van der Waals surface area contributed by atoms with E-state index in [4.69, 9.17) is 5.11 Å². The van der Waals surface area contributed by atoms with Crippen LogP contribution in [0.3, 0.4) is 0 Å². The number of nitrogens with one attached hydrogen (secondary N) is 1. The molecule has 0 radical (unpaired) electrons. The first kappa shape index (κ1) is 10.3. The number of carboxylic acids is 1. The Bertz CT molecular complexity index is 586. The van der Waals surface area contributed by atoms with Crippen LogP contribution in [0.2, 0.25) is 0 Å². The van der Waals surface area contributed by atoms with Crippen molar-refractivity contribution in [1.82, 2.24) is 15.0 Å². The van der Waals surface area contributed by atoms with E-state index in [2.05, 4.69) is 15.0 Å². The van der Waals surface area contributed by atoms with E-state index in [9.17, 15) is 4.79 Å². The van der Waals surface area contributed by atoms with Gasteiger partial charge in [0.25, 0.3) is 0 Å². The van der Waals surface area contributed by atoms with Gasteiger partial charge in [-0.2, -0.15) is 0 Å². The highest BCUT2D eigenvalue weighted by molar-refractivity contribution is 5.78. The summed E-state index contributed by atoms with van der Waals surface area (Å²) in [5.41, 5.74) is 2.21. The Morgan fingerprint density at radius 2 is 2.35 bits per heavy atom. The molecule has 2 aromatic rings. The van der Waals surface area contributed by atoms with Crippen molar-refractivity contribution in [2.45, 2.75) is 31.6 Å². The second-order valence-corrected chi connectivity index (χ2v) is 4.60. The molecule has 1 aliphatic carbocycles. The number of hydrogen-bond acceptors (Lipinski definition) is 3. The summed E-state index contributed by atoms with van der Waals surface area (Å²) in [6.45, 7) is 1.66. The van der Waals surface area contributed by atoms with Crippen molar-refractivity contribution in [1.29, 1.82) is 0 Å². The Hall–Kier alpha value is -1.91. The fourth-order valence-electron chi connectivity index (χ4n) is 1.86. The molecular weight excluding hydrogens is 218 g/mol. The Morgan fingerprint density at radius 3 is 3.00 bits per heavy atom. The quantitative estimate of drug-likeness (QED) is 0.847. The Balaban J connectivity index is 2.02. The third-order valence-corrected chi connectivity index (χ3v) is 3.21. The van der Waals surface area contributed by atoms with Gasteiger partial charge in [0.05, 0.1) is 11.4 Å². The van der Waals surface area contributed by atoms with Crippen LogP contribution < -0.4 is 0 Å². The van der Waals surface area contributed by atoms with Crippen molar-refractivity contribution in [2.24, 2.45) is 0 Å². The highest BCUT2D eigenvalue weighted by Gasteiger charge is 2.27. The van der Waals surface area contributed by atoms with Crippen molar-refractivity contribution in [3.63, 3.8) is 0 Å². The number of H-pyrrole nitrogens is 1. The van der Waals surface area contributed by atoms with Gasteiger partial charge in [0.2, 0.25) is 0 Å². The van der Waals surface area contributed by atoms with Crippen molar-refractivity contribution in [3.05, 3.63) is 23.7 Å². The first-order chi connectivity index (χ1) is 8.15. The molecule has 17 heavy (non-hydrogen) atoms. The highest BCUT2D eigenvalue weighted by Crippen LogP contribution is 2.38. The van der Waals surface area contributed by atoms with Gasteiger partial charge in [-0.1, -0.05) is 0 Å². The zero-order chi connectivity index (χ0) is 12.0. The molecule has 0 bridgehead atoms. The molecular formula is C12H13N3O2. The van der Waals surface area contributed by atoms with Crippen LogP contribution in [0.4, 0.5) is 0 Å². The zero-order valence-electron chi connectivity index (χ0n) is 9.47. The normalized spacial score (nSPS) is 17.2. The SMILES string of the molecule is CC(C(=O)O)c1cnc2nc(C3CC3)[nH]c2c1. The van der Waals surface area contributed by atoms with Gasteiger partial charge in [0, 0.05) is 12.1 Å². The lowest BCUT2D eigenvalue weighted by Crippen LogP contribution is -2.07. The number of hydrogen-bond donors (Lipinski definition) is 2. The predicted octanol–water partition coefficient (Wildman–Crippen LogP) is 2.02. The lowest BCUT2D eigenvalue weighted by molar-refractivity contribution is -0.138. The topological polar surface area (TPSA) is 78.9 Å². The van der Waals surface area contributed by atoms with Gasteiger partial charge >= 0.3 is 5.97 Å². The summed E-state index contributed by atoms with van der Waals surface area (Å²) >= 11 is 0. The number of fused-ring (bicyclic) bond motifs is 1. The molecule has 0 aromatic carbocycles. The van der Waals surface area contributed by atoms with E-state index in [1.54, 1.807) is 13.1 Å². The van der Waals surface area contributed by atoms with Crippen molar-refractivity contribution in [2.75, 3.05) is 0 Å². The van der Waals surface area contributed by atoms with Crippen LogP contribution in [-0.4, -0.2) is 26.0 Å². The van der Waals surface area contributed by atoms with Gasteiger partial charge in [0.15, 0.2) is 5.65 Å². The third-order valence-electron chi connectivity index (χ3n) is 3.21. The fraction of sp³-hybridized carbons (Fsp3) is 0.417. The minimum absolute atomic E-state index is 0.542. The van der Waals surface area contributed by atoms with Crippen LogP contribution in [0, 0.1) is 0 Å². The number of aliphatic carboxylic acids is 1. The van der Waals surface area contributed by atoms with Gasteiger partial charge < -0.3 is 10.1 Å². The van der Waals surface area contributed by atoms with E-state index in [1.165, 1.54) is 12.8 Å². The molecule has 3 rings (SSSR count). The number of rotatable bonds is 3. The van der Waals surface area contributed by atoms with Crippen LogP contribution in [-0.2, 0) is 4.79 Å². The maximum atomic E-state index is 10.9. The highest BCUT2D eigenvalue weighted by atomic mass is 16.4. The third kappa shape index (κ3) is 1.77. The first-order valence-electron chi connectivity index (χ1n) is 5.73. The molecule has 5 heteroatoms. The van der Waals surface area contributed by atoms with E-state index in [0.717, 1.165) is 11.3 Å². The van der Waals surface area contributed by atoms with Crippen LogP contribution in [0.1, 0.15) is 43.0 Å². The predicted molar refractivity (Wildman–Crippen MR) is 61.9 cm³/mol. The van der Waals surface area contributed by atoms with Gasteiger partial charge in [-0.05, 0) is 31.4 Å². The number of nitrogens with zero attached hydrogens (tertiary/aromatic N) is 2. The molecule has 88 valence electrons. The second kappa shape index (κ2) is 3.55. The number of imidazole rings is 1. The van der Waals surface area contributed by atoms with Crippen LogP contribution in [0.25, 0.3) is 11.2 Å². The molecule has 1 aliphatic rings. The number of pyridine rings is 1. The summed E-state index contributed by atoms with van der Waals surface area (Å²) in [6, 6.07) is 1.83. The minimum Gasteiger partial charge on any atom is -0.481 e. The van der Waals surface area contributed by atoms with Crippen molar-refractivity contribution < 1.29 is 9.90 Å². The maximum absolute atomic E-state index is 10.9. The van der Waals surface area contributed by atoms with E-state index in [0.29, 0.717) is 17.1 Å². The number of aromatic nitrogens is 3. The minimum atomic E-state index is -0.840. The van der Waals surface area contributed by atoms with Crippen LogP contribution in [0.5, 0.6) is 0 Å². The lowest BCUT2D eigenvalue weighted by Gasteiger charge is -2.04. The van der Waals surface area contributed by atoms with E-state index in [-0.39, 0.29) is 0 Å². The standard InChI is InChI=1S/C12H13N3O2/c1-6(12(16)17)8-4-9-11(13-5-8)15-10(14-9)7-2-3-7/h4-7H,2-3H2,1H3,(H,16,17)(H,13,14,15). The molecule has 0 amide bonds. The molecule has 0 saturated heterocycles. The first-order valence-corrected chi connectivity index (χ1v) is 5.73. The number of carbonyl (C=O) groups is 1. The number of carboxylic acid groups (broad SMARTS) is 1. The molecule has 1 fully saturated rings. The van der Waals surface area contributed by atoms with E-state index < -0.39 is 11.9 Å². The van der Waals surface area contributed by atoms with E-state index in [1.807, 2.05) is 6.07 Å². The Morgan fingerprint density at radius 1 is 1.59 bits per heavy atom. The van der Waals surface area contributed by atoms with Gasteiger partial charge in [-0.3, -0.25) is 4.79 Å². The van der Waals surface area contributed by atoms with Gasteiger partial charge in [-0.15, -0.1) is 0 Å². The Labute approximate surface area is 97.9 Å². The monoisotopic (exact) mass is 231 g/mol.